The van der Waals surface area contributed by atoms with Crippen molar-refractivity contribution in [2.45, 2.75) is 6.92 Å². The smallest absolute Gasteiger partial charge is 0.336 e. The molecule has 0 amide bonds. The number of carboxylic acids is 1. The lowest BCUT2D eigenvalue weighted by atomic mass is 10.0. The van der Waals surface area contributed by atoms with Gasteiger partial charge in [-0.05, 0) is 18.6 Å². The van der Waals surface area contributed by atoms with Gasteiger partial charge in [0, 0.05) is 17.5 Å². The van der Waals surface area contributed by atoms with Crippen molar-refractivity contribution in [2.75, 3.05) is 0 Å². The summed E-state index contributed by atoms with van der Waals surface area (Å²) >= 11 is 0. The zero-order chi connectivity index (χ0) is 11.5. The molecule has 2 aromatic rings. The Kier molecular flexibility index (Phi) is 2.68. The minimum atomic E-state index is -0.927. The number of benzene rings is 1. The van der Waals surface area contributed by atoms with Gasteiger partial charge in [0.2, 0.25) is 0 Å². The van der Waals surface area contributed by atoms with E-state index >= 15 is 0 Å². The number of nitrogens with zero attached hydrogens (tertiary/aromatic N) is 1. The van der Waals surface area contributed by atoms with Gasteiger partial charge in [0.1, 0.15) is 0 Å². The van der Waals surface area contributed by atoms with Crippen LogP contribution in [0.4, 0.5) is 0 Å². The number of carbonyl (C=O) groups is 1. The second-order valence-corrected chi connectivity index (χ2v) is 3.54. The van der Waals surface area contributed by atoms with Crippen molar-refractivity contribution in [3.05, 3.63) is 53.9 Å². The average Bonchev–Trinajstić information content (AvgIpc) is 2.30. The van der Waals surface area contributed by atoms with Crippen molar-refractivity contribution in [1.29, 1.82) is 0 Å². The van der Waals surface area contributed by atoms with Gasteiger partial charge in [0.05, 0.1) is 5.56 Å². The van der Waals surface area contributed by atoms with E-state index in [9.17, 15) is 4.79 Å². The third-order valence-electron chi connectivity index (χ3n) is 2.36. The van der Waals surface area contributed by atoms with E-state index in [1.54, 1.807) is 19.2 Å². The van der Waals surface area contributed by atoms with Crippen LogP contribution in [0.25, 0.3) is 11.1 Å². The number of aromatic carboxylic acids is 1. The zero-order valence-electron chi connectivity index (χ0n) is 8.84. The molecule has 1 N–H and O–H groups in total. The fourth-order valence-electron chi connectivity index (χ4n) is 1.58. The van der Waals surface area contributed by atoms with Gasteiger partial charge in [-0.3, -0.25) is 4.98 Å². The van der Waals surface area contributed by atoms with Crippen LogP contribution in [0, 0.1) is 6.92 Å². The predicted octanol–water partition coefficient (Wildman–Crippen LogP) is 2.76. The van der Waals surface area contributed by atoms with Crippen molar-refractivity contribution in [3.8, 4) is 11.1 Å². The van der Waals surface area contributed by atoms with Crippen LogP contribution in [-0.4, -0.2) is 16.1 Å². The highest BCUT2D eigenvalue weighted by Crippen LogP contribution is 2.23. The summed E-state index contributed by atoms with van der Waals surface area (Å²) in [5.74, 6) is -0.927. The van der Waals surface area contributed by atoms with Crippen LogP contribution < -0.4 is 0 Å². The summed E-state index contributed by atoms with van der Waals surface area (Å²) < 4.78 is 0. The van der Waals surface area contributed by atoms with Crippen LogP contribution >= 0.6 is 0 Å². The van der Waals surface area contributed by atoms with E-state index in [0.29, 0.717) is 16.8 Å². The summed E-state index contributed by atoms with van der Waals surface area (Å²) in [5.41, 5.74) is 2.52. The van der Waals surface area contributed by atoms with Crippen molar-refractivity contribution in [2.24, 2.45) is 0 Å². The topological polar surface area (TPSA) is 50.2 Å². The largest absolute Gasteiger partial charge is 0.478 e. The van der Waals surface area contributed by atoms with Gasteiger partial charge in [-0.1, -0.05) is 30.3 Å². The molecular formula is C13H11NO2. The van der Waals surface area contributed by atoms with Gasteiger partial charge in [-0.25, -0.2) is 4.79 Å². The SMILES string of the molecule is Cc1cc(C(=O)O)c(-c2ccccc2)cn1. The van der Waals surface area contributed by atoms with Crippen LogP contribution in [0.5, 0.6) is 0 Å². The molecule has 1 aromatic heterocycles. The number of rotatable bonds is 2. The summed E-state index contributed by atoms with van der Waals surface area (Å²) in [7, 11) is 0. The number of hydrogen-bond donors (Lipinski definition) is 1. The molecule has 1 aromatic carbocycles. The summed E-state index contributed by atoms with van der Waals surface area (Å²) in [6.07, 6.45) is 1.61. The molecule has 0 atom stereocenters. The number of pyridine rings is 1. The van der Waals surface area contributed by atoms with E-state index in [1.807, 2.05) is 30.3 Å². The molecule has 80 valence electrons. The van der Waals surface area contributed by atoms with E-state index in [-0.39, 0.29) is 0 Å². The molecule has 0 radical (unpaired) electrons. The molecule has 0 aliphatic rings. The maximum Gasteiger partial charge on any atom is 0.336 e. The number of aromatic nitrogens is 1. The van der Waals surface area contributed by atoms with Crippen molar-refractivity contribution in [3.63, 3.8) is 0 Å². The predicted molar refractivity (Wildman–Crippen MR) is 61.4 cm³/mol. The van der Waals surface area contributed by atoms with Crippen molar-refractivity contribution in [1.82, 2.24) is 4.98 Å². The number of aryl methyl sites for hydroxylation is 1. The van der Waals surface area contributed by atoms with Gasteiger partial charge in [-0.15, -0.1) is 0 Å². The Labute approximate surface area is 93.4 Å². The lowest BCUT2D eigenvalue weighted by molar-refractivity contribution is 0.0697. The van der Waals surface area contributed by atoms with Gasteiger partial charge < -0.3 is 5.11 Å². The maximum absolute atomic E-state index is 11.1. The third kappa shape index (κ3) is 1.93. The summed E-state index contributed by atoms with van der Waals surface area (Å²) in [5, 5.41) is 9.12. The molecule has 0 saturated carbocycles. The molecule has 0 saturated heterocycles. The molecule has 0 aliphatic heterocycles. The fraction of sp³-hybridized carbons (Fsp3) is 0.0769. The molecule has 0 spiro atoms. The van der Waals surface area contributed by atoms with E-state index in [0.717, 1.165) is 5.56 Å². The van der Waals surface area contributed by atoms with E-state index in [4.69, 9.17) is 5.11 Å². The molecule has 0 fully saturated rings. The molecular weight excluding hydrogens is 202 g/mol. The third-order valence-corrected chi connectivity index (χ3v) is 2.36. The molecule has 3 heteroatoms. The molecule has 0 aliphatic carbocycles. The zero-order valence-corrected chi connectivity index (χ0v) is 8.84. The van der Waals surface area contributed by atoms with Crippen LogP contribution in [-0.2, 0) is 0 Å². The first-order valence-corrected chi connectivity index (χ1v) is 4.94. The molecule has 1 heterocycles. The normalized spacial score (nSPS) is 10.1. The fourth-order valence-corrected chi connectivity index (χ4v) is 1.58. The average molecular weight is 213 g/mol. The first-order chi connectivity index (χ1) is 7.68. The molecule has 16 heavy (non-hydrogen) atoms. The van der Waals surface area contributed by atoms with E-state index in [1.165, 1.54) is 0 Å². The Morgan fingerprint density at radius 3 is 2.56 bits per heavy atom. The van der Waals surface area contributed by atoms with Crippen LogP contribution in [0.15, 0.2) is 42.6 Å². The Morgan fingerprint density at radius 2 is 1.94 bits per heavy atom. The second-order valence-electron chi connectivity index (χ2n) is 3.54. The molecule has 2 rings (SSSR count). The number of hydrogen-bond acceptors (Lipinski definition) is 2. The lowest BCUT2D eigenvalue weighted by Gasteiger charge is -2.06. The van der Waals surface area contributed by atoms with Crippen LogP contribution in [0.1, 0.15) is 16.1 Å². The highest BCUT2D eigenvalue weighted by Gasteiger charge is 2.11. The highest BCUT2D eigenvalue weighted by atomic mass is 16.4. The van der Waals surface area contributed by atoms with Gasteiger partial charge in [-0.2, -0.15) is 0 Å². The lowest BCUT2D eigenvalue weighted by Crippen LogP contribution is -2.01. The second kappa shape index (κ2) is 4.14. The van der Waals surface area contributed by atoms with Crippen LogP contribution in [0.3, 0.4) is 0 Å². The standard InChI is InChI=1S/C13H11NO2/c1-9-7-11(13(15)16)12(8-14-9)10-5-3-2-4-6-10/h2-8H,1H3,(H,15,16). The van der Waals surface area contributed by atoms with E-state index < -0.39 is 5.97 Å². The molecule has 0 bridgehead atoms. The molecule has 0 unspecified atom stereocenters. The van der Waals surface area contributed by atoms with Gasteiger partial charge in [0.15, 0.2) is 0 Å². The van der Waals surface area contributed by atoms with Gasteiger partial charge >= 0.3 is 5.97 Å². The highest BCUT2D eigenvalue weighted by molar-refractivity contribution is 5.95. The first-order valence-electron chi connectivity index (χ1n) is 4.94. The number of carboxylic acid groups (broad SMARTS) is 1. The van der Waals surface area contributed by atoms with E-state index in [2.05, 4.69) is 4.98 Å². The van der Waals surface area contributed by atoms with Crippen LogP contribution in [0.2, 0.25) is 0 Å². The quantitative estimate of drug-likeness (QED) is 0.834. The maximum atomic E-state index is 11.1. The molecule has 3 nitrogen and oxygen atoms in total. The van der Waals surface area contributed by atoms with Crippen molar-refractivity contribution < 1.29 is 9.90 Å². The first kappa shape index (κ1) is 10.4. The Bertz CT molecular complexity index is 521. The summed E-state index contributed by atoms with van der Waals surface area (Å²) in [6, 6.07) is 11.0. The van der Waals surface area contributed by atoms with Crippen molar-refractivity contribution >= 4 is 5.97 Å². The Balaban J connectivity index is 2.61. The monoisotopic (exact) mass is 213 g/mol. The van der Waals surface area contributed by atoms with Gasteiger partial charge in [0.25, 0.3) is 0 Å². The Hall–Kier alpha value is -2.16. The minimum absolute atomic E-state index is 0.290. The minimum Gasteiger partial charge on any atom is -0.478 e. The summed E-state index contributed by atoms with van der Waals surface area (Å²) in [6.45, 7) is 1.78. The summed E-state index contributed by atoms with van der Waals surface area (Å²) in [4.78, 5) is 15.3. The Morgan fingerprint density at radius 1 is 1.25 bits per heavy atom.